The first-order valence-electron chi connectivity index (χ1n) is 6.59. The summed E-state index contributed by atoms with van der Waals surface area (Å²) >= 11 is 0. The van der Waals surface area contributed by atoms with E-state index in [0.717, 1.165) is 5.19 Å². The van der Waals surface area contributed by atoms with E-state index < -0.39 is 25.4 Å². The van der Waals surface area contributed by atoms with E-state index in [9.17, 15) is 4.80 Å². The van der Waals surface area contributed by atoms with Crippen LogP contribution in [0.25, 0.3) is 0 Å². The fraction of sp³-hybridized carbons (Fsp3) is 0.286. The SMILES string of the molecule is C=C[Si](C)(C)O[Si](O)(O[Si](C)(C)C=C)c1ccccc1. The van der Waals surface area contributed by atoms with E-state index in [1.807, 2.05) is 56.5 Å². The lowest BCUT2D eigenvalue weighted by Gasteiger charge is -2.36. The van der Waals surface area contributed by atoms with Crippen LogP contribution in [0.1, 0.15) is 0 Å². The third-order valence-corrected chi connectivity index (χ3v) is 12.4. The minimum Gasteiger partial charge on any atom is -0.409 e. The molecule has 0 fully saturated rings. The van der Waals surface area contributed by atoms with Crippen molar-refractivity contribution in [2.24, 2.45) is 0 Å². The summed E-state index contributed by atoms with van der Waals surface area (Å²) in [5.74, 6) is 0. The van der Waals surface area contributed by atoms with Gasteiger partial charge in [-0.25, -0.2) is 0 Å². The fourth-order valence-electron chi connectivity index (χ4n) is 1.58. The Kier molecular flexibility index (Phi) is 5.47. The van der Waals surface area contributed by atoms with Crippen molar-refractivity contribution in [3.05, 3.63) is 54.9 Å². The van der Waals surface area contributed by atoms with Crippen molar-refractivity contribution in [3.63, 3.8) is 0 Å². The minimum atomic E-state index is -3.46. The van der Waals surface area contributed by atoms with Gasteiger partial charge in [-0.05, 0) is 26.2 Å². The van der Waals surface area contributed by atoms with Gasteiger partial charge in [0.1, 0.15) is 0 Å². The Bertz CT molecular complexity index is 450. The van der Waals surface area contributed by atoms with E-state index in [0.29, 0.717) is 0 Å². The summed E-state index contributed by atoms with van der Waals surface area (Å²) in [5, 5.41) is 0.727. The summed E-state index contributed by atoms with van der Waals surface area (Å²) in [6.07, 6.45) is 0. The lowest BCUT2D eigenvalue weighted by atomic mass is 10.4. The van der Waals surface area contributed by atoms with Crippen molar-refractivity contribution < 1.29 is 13.0 Å². The Morgan fingerprint density at radius 2 is 1.30 bits per heavy atom. The highest BCUT2D eigenvalue weighted by Crippen LogP contribution is 2.19. The van der Waals surface area contributed by atoms with Crippen molar-refractivity contribution in [1.29, 1.82) is 0 Å². The van der Waals surface area contributed by atoms with Gasteiger partial charge < -0.3 is 13.0 Å². The van der Waals surface area contributed by atoms with Crippen LogP contribution >= 0.6 is 0 Å². The smallest absolute Gasteiger partial charge is 0.409 e. The Morgan fingerprint density at radius 1 is 0.900 bits per heavy atom. The highest BCUT2D eigenvalue weighted by molar-refractivity contribution is 6.93. The van der Waals surface area contributed by atoms with Crippen molar-refractivity contribution in [2.45, 2.75) is 26.2 Å². The zero-order chi connectivity index (χ0) is 15.4. The molecule has 3 nitrogen and oxygen atoms in total. The van der Waals surface area contributed by atoms with E-state index in [1.54, 1.807) is 11.4 Å². The number of hydrogen-bond donors (Lipinski definition) is 1. The van der Waals surface area contributed by atoms with E-state index in [4.69, 9.17) is 8.23 Å². The molecule has 0 atom stereocenters. The minimum absolute atomic E-state index is 0.727. The first kappa shape index (κ1) is 17.3. The van der Waals surface area contributed by atoms with Gasteiger partial charge in [-0.2, -0.15) is 0 Å². The highest BCUT2D eigenvalue weighted by Gasteiger charge is 2.47. The average Bonchev–Trinajstić information content (AvgIpc) is 2.38. The van der Waals surface area contributed by atoms with Crippen LogP contribution in [0.15, 0.2) is 54.9 Å². The molecule has 0 aliphatic rings. The maximum absolute atomic E-state index is 11.1. The summed E-state index contributed by atoms with van der Waals surface area (Å²) in [5.41, 5.74) is 3.61. The van der Waals surface area contributed by atoms with Crippen LogP contribution < -0.4 is 5.19 Å². The lowest BCUT2D eigenvalue weighted by molar-refractivity contribution is 0.268. The normalized spacial score (nSPS) is 13.1. The van der Waals surface area contributed by atoms with Crippen LogP contribution in [0.3, 0.4) is 0 Å². The Balaban J connectivity index is 3.19. The van der Waals surface area contributed by atoms with Crippen molar-refractivity contribution in [2.75, 3.05) is 0 Å². The zero-order valence-corrected chi connectivity index (χ0v) is 15.7. The second kappa shape index (κ2) is 6.33. The molecule has 0 bridgehead atoms. The summed E-state index contributed by atoms with van der Waals surface area (Å²) < 4.78 is 12.2. The quantitative estimate of drug-likeness (QED) is 0.784. The van der Waals surface area contributed by atoms with Gasteiger partial charge in [0.2, 0.25) is 16.6 Å². The molecule has 1 aromatic carbocycles. The van der Waals surface area contributed by atoms with Crippen LogP contribution in [0.4, 0.5) is 0 Å². The van der Waals surface area contributed by atoms with Crippen LogP contribution in [-0.2, 0) is 8.23 Å². The second-order valence-corrected chi connectivity index (χ2v) is 16.4. The summed E-state index contributed by atoms with van der Waals surface area (Å²) in [6.45, 7) is 15.6. The Hall–Kier alpha value is -0.769. The van der Waals surface area contributed by atoms with Crippen LogP contribution in [-0.4, -0.2) is 30.2 Å². The van der Waals surface area contributed by atoms with Gasteiger partial charge in [-0.15, -0.1) is 13.2 Å². The number of benzene rings is 1. The molecule has 0 aliphatic heterocycles. The molecular formula is C14H24O3Si3. The first-order chi connectivity index (χ1) is 9.14. The molecule has 0 unspecified atom stereocenters. The van der Waals surface area contributed by atoms with Crippen molar-refractivity contribution in [1.82, 2.24) is 0 Å². The summed E-state index contributed by atoms with van der Waals surface area (Å²) in [4.78, 5) is 11.1. The van der Waals surface area contributed by atoms with E-state index >= 15 is 0 Å². The van der Waals surface area contributed by atoms with Gasteiger partial charge >= 0.3 is 8.80 Å². The molecule has 0 amide bonds. The third-order valence-electron chi connectivity index (χ3n) is 2.92. The van der Waals surface area contributed by atoms with E-state index in [-0.39, 0.29) is 0 Å². The van der Waals surface area contributed by atoms with Gasteiger partial charge in [0, 0.05) is 5.19 Å². The molecule has 0 radical (unpaired) electrons. The molecule has 1 rings (SSSR count). The van der Waals surface area contributed by atoms with E-state index in [2.05, 4.69) is 13.2 Å². The largest absolute Gasteiger partial charge is 0.513 e. The molecule has 0 saturated carbocycles. The fourth-order valence-corrected chi connectivity index (χ4v) is 10.1. The molecule has 1 aromatic rings. The predicted octanol–water partition coefficient (Wildman–Crippen LogP) is 2.72. The molecule has 0 heterocycles. The topological polar surface area (TPSA) is 38.7 Å². The van der Waals surface area contributed by atoms with Gasteiger partial charge in [-0.3, -0.25) is 0 Å². The molecule has 0 aliphatic carbocycles. The molecule has 0 aromatic heterocycles. The van der Waals surface area contributed by atoms with Crippen LogP contribution in [0, 0.1) is 0 Å². The molecule has 0 saturated heterocycles. The van der Waals surface area contributed by atoms with Gasteiger partial charge in [-0.1, -0.05) is 41.7 Å². The van der Waals surface area contributed by atoms with Gasteiger partial charge in [0.15, 0.2) is 0 Å². The van der Waals surface area contributed by atoms with Gasteiger partial charge in [0.25, 0.3) is 0 Å². The third kappa shape index (κ3) is 4.65. The molecular weight excluding hydrogens is 300 g/mol. The predicted molar refractivity (Wildman–Crippen MR) is 91.6 cm³/mol. The standard InChI is InChI=1S/C14H24O3Si3/c1-7-18(3,4)16-20(15,17-19(5,6)8-2)14-12-10-9-11-13-14/h7-13,15H,1-2H2,3-6H3. The Labute approximate surface area is 125 Å². The molecule has 1 N–H and O–H groups in total. The zero-order valence-electron chi connectivity index (χ0n) is 12.7. The molecule has 6 heteroatoms. The number of rotatable bonds is 7. The first-order valence-corrected chi connectivity index (χ1v) is 14.3. The highest BCUT2D eigenvalue weighted by atomic mass is 28.5. The van der Waals surface area contributed by atoms with Crippen molar-refractivity contribution >= 4 is 30.6 Å². The molecule has 20 heavy (non-hydrogen) atoms. The van der Waals surface area contributed by atoms with E-state index in [1.165, 1.54) is 0 Å². The molecule has 0 spiro atoms. The monoisotopic (exact) mass is 324 g/mol. The lowest BCUT2D eigenvalue weighted by Crippen LogP contribution is -2.63. The summed E-state index contributed by atoms with van der Waals surface area (Å²) in [6, 6.07) is 9.38. The molecule has 110 valence electrons. The maximum Gasteiger partial charge on any atom is 0.513 e. The number of hydrogen-bond acceptors (Lipinski definition) is 3. The summed E-state index contributed by atoms with van der Waals surface area (Å²) in [7, 11) is -7.80. The van der Waals surface area contributed by atoms with Crippen LogP contribution in [0.2, 0.25) is 26.2 Å². The average molecular weight is 325 g/mol. The maximum atomic E-state index is 11.1. The van der Waals surface area contributed by atoms with Crippen molar-refractivity contribution in [3.8, 4) is 0 Å². The van der Waals surface area contributed by atoms with Crippen LogP contribution in [0.5, 0.6) is 0 Å². The Morgan fingerprint density at radius 3 is 1.65 bits per heavy atom. The second-order valence-electron chi connectivity index (χ2n) is 5.77. The van der Waals surface area contributed by atoms with Gasteiger partial charge in [0.05, 0.1) is 0 Å².